The lowest BCUT2D eigenvalue weighted by Gasteiger charge is -2.10. The summed E-state index contributed by atoms with van der Waals surface area (Å²) >= 11 is 0. The first-order valence-electron chi connectivity index (χ1n) is 10.9. The molecular formula is C25H30N2O4. The van der Waals surface area contributed by atoms with Gasteiger partial charge in [0.25, 0.3) is 11.8 Å². The number of benzene rings is 2. The standard InChI is InChI=1S/C25H30N2O4/c1-2-3-4-8-17-31-20-14-12-19(13-15-20)26-24(29)22-23(28)21(27-25(22)30)16-11-18-9-6-5-7-10-18/h5-7,9-10,12-15,21,28H,2-4,8,11,16-17H2,1H3,(H,26,29)(H,27,30). The molecule has 0 bridgehead atoms. The van der Waals surface area contributed by atoms with Gasteiger partial charge in [-0.2, -0.15) is 0 Å². The van der Waals surface area contributed by atoms with Crippen molar-refractivity contribution in [1.82, 2.24) is 5.32 Å². The average Bonchev–Trinajstić information content (AvgIpc) is 3.07. The van der Waals surface area contributed by atoms with Crippen LogP contribution in [-0.4, -0.2) is 29.6 Å². The van der Waals surface area contributed by atoms with Crippen LogP contribution in [0.5, 0.6) is 5.75 Å². The molecule has 1 aliphatic heterocycles. The Kier molecular flexibility index (Phi) is 8.10. The van der Waals surface area contributed by atoms with E-state index in [1.54, 1.807) is 24.3 Å². The third kappa shape index (κ3) is 6.35. The molecule has 1 unspecified atom stereocenters. The van der Waals surface area contributed by atoms with Crippen molar-refractivity contribution in [2.24, 2.45) is 0 Å². The SMILES string of the molecule is CCCCCCOc1ccc(NC(=O)C2=C(O)C(CCc3ccccc3)NC2=O)cc1. The predicted molar refractivity (Wildman–Crippen MR) is 121 cm³/mol. The van der Waals surface area contributed by atoms with E-state index in [4.69, 9.17) is 4.74 Å². The number of carbonyl (C=O) groups is 2. The number of rotatable bonds is 11. The first-order chi connectivity index (χ1) is 15.1. The topological polar surface area (TPSA) is 87.7 Å². The summed E-state index contributed by atoms with van der Waals surface area (Å²) in [5, 5.41) is 15.8. The number of hydrogen-bond donors (Lipinski definition) is 3. The maximum Gasteiger partial charge on any atom is 0.264 e. The Morgan fingerprint density at radius 2 is 1.81 bits per heavy atom. The Morgan fingerprint density at radius 1 is 1.06 bits per heavy atom. The molecule has 0 spiro atoms. The minimum Gasteiger partial charge on any atom is -0.509 e. The van der Waals surface area contributed by atoms with Crippen LogP contribution in [0, 0.1) is 0 Å². The van der Waals surface area contributed by atoms with Crippen LogP contribution in [0.2, 0.25) is 0 Å². The summed E-state index contributed by atoms with van der Waals surface area (Å²) in [7, 11) is 0. The molecule has 0 saturated carbocycles. The Hall–Kier alpha value is -3.28. The summed E-state index contributed by atoms with van der Waals surface area (Å²) in [6, 6.07) is 16.2. The molecule has 2 aromatic carbocycles. The fraction of sp³-hybridized carbons (Fsp3) is 0.360. The van der Waals surface area contributed by atoms with E-state index in [2.05, 4.69) is 17.6 Å². The summed E-state index contributed by atoms with van der Waals surface area (Å²) < 4.78 is 5.70. The minimum atomic E-state index is -0.620. The van der Waals surface area contributed by atoms with Gasteiger partial charge < -0.3 is 20.5 Å². The highest BCUT2D eigenvalue weighted by Crippen LogP contribution is 2.22. The van der Waals surface area contributed by atoms with Gasteiger partial charge in [0.15, 0.2) is 0 Å². The summed E-state index contributed by atoms with van der Waals surface area (Å²) in [6.45, 7) is 2.83. The van der Waals surface area contributed by atoms with Gasteiger partial charge in [-0.05, 0) is 49.1 Å². The van der Waals surface area contributed by atoms with Crippen molar-refractivity contribution in [2.75, 3.05) is 11.9 Å². The van der Waals surface area contributed by atoms with Crippen LogP contribution in [0.4, 0.5) is 5.69 Å². The summed E-state index contributed by atoms with van der Waals surface area (Å²) in [4.78, 5) is 24.9. The molecule has 0 radical (unpaired) electrons. The van der Waals surface area contributed by atoms with E-state index < -0.39 is 17.9 Å². The number of hydrogen-bond acceptors (Lipinski definition) is 4. The van der Waals surface area contributed by atoms with E-state index in [0.29, 0.717) is 25.1 Å². The Balaban J connectivity index is 1.53. The van der Waals surface area contributed by atoms with Crippen molar-refractivity contribution < 1.29 is 19.4 Å². The Bertz CT molecular complexity index is 907. The molecule has 2 aromatic rings. The van der Waals surface area contributed by atoms with Crippen molar-refractivity contribution in [3.05, 3.63) is 71.5 Å². The Morgan fingerprint density at radius 3 is 2.52 bits per heavy atom. The normalized spacial score (nSPS) is 15.6. The van der Waals surface area contributed by atoms with Gasteiger partial charge in [0, 0.05) is 5.69 Å². The summed E-state index contributed by atoms with van der Waals surface area (Å²) in [6.07, 6.45) is 5.76. The number of aliphatic hydroxyl groups is 1. The van der Waals surface area contributed by atoms with E-state index in [0.717, 1.165) is 24.2 Å². The third-order valence-electron chi connectivity index (χ3n) is 5.29. The molecule has 164 valence electrons. The van der Waals surface area contributed by atoms with Crippen LogP contribution in [0.25, 0.3) is 0 Å². The van der Waals surface area contributed by atoms with Gasteiger partial charge in [0.2, 0.25) is 0 Å². The molecular weight excluding hydrogens is 392 g/mol. The highest BCUT2D eigenvalue weighted by molar-refractivity contribution is 6.24. The first kappa shape index (κ1) is 22.4. The highest BCUT2D eigenvalue weighted by atomic mass is 16.5. The lowest BCUT2D eigenvalue weighted by molar-refractivity contribution is -0.120. The molecule has 0 aromatic heterocycles. The van der Waals surface area contributed by atoms with Gasteiger partial charge in [-0.3, -0.25) is 9.59 Å². The number of aryl methyl sites for hydroxylation is 1. The van der Waals surface area contributed by atoms with Gasteiger partial charge in [-0.1, -0.05) is 56.5 Å². The molecule has 31 heavy (non-hydrogen) atoms. The molecule has 6 heteroatoms. The second-order valence-corrected chi connectivity index (χ2v) is 7.70. The van der Waals surface area contributed by atoms with Crippen molar-refractivity contribution in [3.8, 4) is 5.75 Å². The fourth-order valence-corrected chi connectivity index (χ4v) is 3.52. The second-order valence-electron chi connectivity index (χ2n) is 7.70. The molecule has 2 amide bonds. The molecule has 3 rings (SSSR count). The van der Waals surface area contributed by atoms with Crippen LogP contribution >= 0.6 is 0 Å². The maximum absolute atomic E-state index is 12.6. The fourth-order valence-electron chi connectivity index (χ4n) is 3.52. The zero-order valence-corrected chi connectivity index (χ0v) is 17.9. The number of ether oxygens (including phenoxy) is 1. The molecule has 1 atom stereocenters. The van der Waals surface area contributed by atoms with Gasteiger partial charge in [-0.15, -0.1) is 0 Å². The molecule has 0 fully saturated rings. The quantitative estimate of drug-likeness (QED) is 0.367. The van der Waals surface area contributed by atoms with Crippen molar-refractivity contribution in [2.45, 2.75) is 51.5 Å². The largest absolute Gasteiger partial charge is 0.509 e. The molecule has 3 N–H and O–H groups in total. The number of aliphatic hydroxyl groups excluding tert-OH is 1. The molecule has 6 nitrogen and oxygen atoms in total. The van der Waals surface area contributed by atoms with Crippen molar-refractivity contribution in [1.29, 1.82) is 0 Å². The number of amides is 2. The van der Waals surface area contributed by atoms with Gasteiger partial charge in [-0.25, -0.2) is 0 Å². The van der Waals surface area contributed by atoms with Crippen LogP contribution in [0.3, 0.4) is 0 Å². The maximum atomic E-state index is 12.6. The van der Waals surface area contributed by atoms with E-state index in [9.17, 15) is 14.7 Å². The van der Waals surface area contributed by atoms with Crippen LogP contribution in [-0.2, 0) is 16.0 Å². The van der Waals surface area contributed by atoms with Gasteiger partial charge in [0.05, 0.1) is 12.6 Å². The minimum absolute atomic E-state index is 0.203. The number of unbranched alkanes of at least 4 members (excludes halogenated alkanes) is 3. The van der Waals surface area contributed by atoms with E-state index in [1.807, 2.05) is 30.3 Å². The van der Waals surface area contributed by atoms with E-state index in [-0.39, 0.29) is 11.3 Å². The molecule has 0 saturated heterocycles. The van der Waals surface area contributed by atoms with E-state index >= 15 is 0 Å². The van der Waals surface area contributed by atoms with Gasteiger partial charge >= 0.3 is 0 Å². The average molecular weight is 423 g/mol. The van der Waals surface area contributed by atoms with Gasteiger partial charge in [0.1, 0.15) is 17.1 Å². The van der Waals surface area contributed by atoms with E-state index in [1.165, 1.54) is 12.8 Å². The summed E-state index contributed by atoms with van der Waals surface area (Å²) in [5.41, 5.74) is 1.41. The number of nitrogens with one attached hydrogen (secondary N) is 2. The summed E-state index contributed by atoms with van der Waals surface area (Å²) in [5.74, 6) is -0.646. The number of carbonyl (C=O) groups excluding carboxylic acids is 2. The first-order valence-corrected chi connectivity index (χ1v) is 10.9. The predicted octanol–water partition coefficient (Wildman–Crippen LogP) is 4.53. The van der Waals surface area contributed by atoms with Crippen LogP contribution in [0.15, 0.2) is 65.9 Å². The lowest BCUT2D eigenvalue weighted by atomic mass is 10.0. The van der Waals surface area contributed by atoms with Crippen molar-refractivity contribution in [3.63, 3.8) is 0 Å². The third-order valence-corrected chi connectivity index (χ3v) is 5.29. The molecule has 1 aliphatic rings. The van der Waals surface area contributed by atoms with Crippen LogP contribution < -0.4 is 15.4 Å². The second kappa shape index (κ2) is 11.2. The monoisotopic (exact) mass is 422 g/mol. The lowest BCUT2D eigenvalue weighted by Crippen LogP contribution is -2.30. The molecule has 0 aliphatic carbocycles. The zero-order chi connectivity index (χ0) is 22.1. The highest BCUT2D eigenvalue weighted by Gasteiger charge is 2.35. The smallest absolute Gasteiger partial charge is 0.264 e. The zero-order valence-electron chi connectivity index (χ0n) is 17.9. The van der Waals surface area contributed by atoms with Crippen LogP contribution in [0.1, 0.15) is 44.6 Å². The Labute approximate surface area is 183 Å². The number of anilines is 1. The molecule has 1 heterocycles. The van der Waals surface area contributed by atoms with Crippen molar-refractivity contribution >= 4 is 17.5 Å².